The van der Waals surface area contributed by atoms with Gasteiger partial charge in [0.2, 0.25) is 0 Å². The number of carbonyl (C=O) groups is 1. The highest BCUT2D eigenvalue weighted by Crippen LogP contribution is 2.20. The lowest BCUT2D eigenvalue weighted by atomic mass is 10.2. The van der Waals surface area contributed by atoms with Gasteiger partial charge in [-0.2, -0.15) is 0 Å². The van der Waals surface area contributed by atoms with Gasteiger partial charge in [-0.05, 0) is 43.3 Å². The van der Waals surface area contributed by atoms with Gasteiger partial charge in [-0.15, -0.1) is 0 Å². The molecule has 1 aromatic carbocycles. The Morgan fingerprint density at radius 1 is 1.18 bits per heavy atom. The molecular formula is C16H22Cl2N2OS. The molecule has 3 nitrogen and oxygen atoms in total. The number of carbonyl (C=O) groups excluding carboxylic acids is 1. The number of rotatable bonds is 7. The molecule has 0 saturated carbocycles. The molecule has 1 rings (SSSR count). The van der Waals surface area contributed by atoms with E-state index < -0.39 is 0 Å². The van der Waals surface area contributed by atoms with Crippen LogP contribution in [0.4, 0.5) is 0 Å². The van der Waals surface area contributed by atoms with Crippen molar-refractivity contribution in [3.8, 4) is 0 Å². The SMILES string of the molecule is CCCCN(CCCC)C(=S)NC(=O)c1ccc(Cl)cc1Cl. The third kappa shape index (κ3) is 6.11. The van der Waals surface area contributed by atoms with Crippen LogP contribution in [0.25, 0.3) is 0 Å². The van der Waals surface area contributed by atoms with Gasteiger partial charge in [0, 0.05) is 18.1 Å². The van der Waals surface area contributed by atoms with Crippen LogP contribution in [-0.2, 0) is 0 Å². The van der Waals surface area contributed by atoms with Crippen molar-refractivity contribution in [3.63, 3.8) is 0 Å². The Balaban J connectivity index is 2.72. The van der Waals surface area contributed by atoms with E-state index in [-0.39, 0.29) is 5.91 Å². The number of nitrogens with zero attached hydrogens (tertiary/aromatic N) is 1. The van der Waals surface area contributed by atoms with E-state index in [0.717, 1.165) is 38.8 Å². The summed E-state index contributed by atoms with van der Waals surface area (Å²) < 4.78 is 0. The first kappa shape index (κ1) is 19.2. The molecule has 1 N–H and O–H groups in total. The maximum atomic E-state index is 12.3. The van der Waals surface area contributed by atoms with Crippen LogP contribution in [0, 0.1) is 0 Å². The summed E-state index contributed by atoms with van der Waals surface area (Å²) in [6, 6.07) is 4.79. The van der Waals surface area contributed by atoms with Gasteiger partial charge in [0.25, 0.3) is 5.91 Å². The Kier molecular flexibility index (Phi) is 8.76. The normalized spacial score (nSPS) is 10.4. The molecule has 6 heteroatoms. The second-order valence-corrected chi connectivity index (χ2v) is 6.31. The lowest BCUT2D eigenvalue weighted by Crippen LogP contribution is -2.43. The number of benzene rings is 1. The molecule has 0 aliphatic heterocycles. The first-order valence-electron chi connectivity index (χ1n) is 7.54. The molecule has 0 radical (unpaired) electrons. The van der Waals surface area contributed by atoms with Crippen molar-refractivity contribution in [2.24, 2.45) is 0 Å². The number of thiocarbonyl (C=S) groups is 1. The van der Waals surface area contributed by atoms with Crippen molar-refractivity contribution < 1.29 is 4.79 Å². The molecule has 0 aromatic heterocycles. The fourth-order valence-electron chi connectivity index (χ4n) is 1.93. The van der Waals surface area contributed by atoms with Crippen molar-refractivity contribution in [1.82, 2.24) is 10.2 Å². The predicted octanol–water partition coefficient (Wildman–Crippen LogP) is 4.91. The second-order valence-electron chi connectivity index (χ2n) is 5.08. The summed E-state index contributed by atoms with van der Waals surface area (Å²) in [5, 5.41) is 4.04. The lowest BCUT2D eigenvalue weighted by Gasteiger charge is -2.25. The van der Waals surface area contributed by atoms with E-state index in [2.05, 4.69) is 19.2 Å². The molecule has 0 heterocycles. The van der Waals surface area contributed by atoms with E-state index >= 15 is 0 Å². The summed E-state index contributed by atoms with van der Waals surface area (Å²) in [6.07, 6.45) is 4.26. The van der Waals surface area contributed by atoms with Crippen molar-refractivity contribution >= 4 is 46.4 Å². The number of hydrogen-bond acceptors (Lipinski definition) is 2. The first-order valence-corrected chi connectivity index (χ1v) is 8.71. The van der Waals surface area contributed by atoms with E-state index in [1.807, 2.05) is 4.90 Å². The summed E-state index contributed by atoms with van der Waals surface area (Å²) in [4.78, 5) is 14.3. The zero-order valence-electron chi connectivity index (χ0n) is 13.0. The molecule has 0 saturated heterocycles. The number of nitrogens with one attached hydrogen (secondary N) is 1. The molecule has 22 heavy (non-hydrogen) atoms. The van der Waals surface area contributed by atoms with Crippen LogP contribution in [0.3, 0.4) is 0 Å². The van der Waals surface area contributed by atoms with E-state index in [0.29, 0.717) is 20.7 Å². The van der Waals surface area contributed by atoms with Gasteiger partial charge in [-0.3, -0.25) is 10.1 Å². The van der Waals surface area contributed by atoms with Crippen molar-refractivity contribution in [2.75, 3.05) is 13.1 Å². The van der Waals surface area contributed by atoms with Crippen LogP contribution in [0.15, 0.2) is 18.2 Å². The largest absolute Gasteiger partial charge is 0.349 e. The van der Waals surface area contributed by atoms with Crippen LogP contribution < -0.4 is 5.32 Å². The van der Waals surface area contributed by atoms with Gasteiger partial charge in [-0.1, -0.05) is 49.9 Å². The smallest absolute Gasteiger partial charge is 0.258 e. The zero-order valence-corrected chi connectivity index (χ0v) is 15.3. The molecule has 1 aromatic rings. The predicted molar refractivity (Wildman–Crippen MR) is 97.9 cm³/mol. The number of halogens is 2. The van der Waals surface area contributed by atoms with Gasteiger partial charge in [0.1, 0.15) is 0 Å². The van der Waals surface area contributed by atoms with Crippen LogP contribution in [-0.4, -0.2) is 29.0 Å². The minimum atomic E-state index is -0.301. The molecule has 1 amide bonds. The summed E-state index contributed by atoms with van der Waals surface area (Å²) in [6.45, 7) is 5.97. The van der Waals surface area contributed by atoms with Gasteiger partial charge in [0.15, 0.2) is 5.11 Å². The fourth-order valence-corrected chi connectivity index (χ4v) is 2.70. The monoisotopic (exact) mass is 360 g/mol. The maximum absolute atomic E-state index is 12.3. The molecular weight excluding hydrogens is 339 g/mol. The molecule has 0 spiro atoms. The Morgan fingerprint density at radius 2 is 1.77 bits per heavy atom. The third-order valence-electron chi connectivity index (χ3n) is 3.25. The quantitative estimate of drug-likeness (QED) is 0.701. The van der Waals surface area contributed by atoms with Crippen molar-refractivity contribution in [2.45, 2.75) is 39.5 Å². The Labute approximate surface area is 148 Å². The number of hydrogen-bond donors (Lipinski definition) is 1. The standard InChI is InChI=1S/C16H22Cl2N2OS/c1-3-5-9-20(10-6-4-2)16(22)19-15(21)13-8-7-12(17)11-14(13)18/h7-8,11H,3-6,9-10H2,1-2H3,(H,19,21,22). The van der Waals surface area contributed by atoms with Gasteiger partial charge >= 0.3 is 0 Å². The molecule has 0 aliphatic rings. The molecule has 0 atom stereocenters. The fraction of sp³-hybridized carbons (Fsp3) is 0.500. The second kappa shape index (κ2) is 10.0. The van der Waals surface area contributed by atoms with Gasteiger partial charge < -0.3 is 4.90 Å². The van der Waals surface area contributed by atoms with Crippen molar-refractivity contribution in [3.05, 3.63) is 33.8 Å². The van der Waals surface area contributed by atoms with Crippen LogP contribution in [0.2, 0.25) is 10.0 Å². The van der Waals surface area contributed by atoms with E-state index in [1.165, 1.54) is 0 Å². The average Bonchev–Trinajstić information content (AvgIpc) is 2.47. The van der Waals surface area contributed by atoms with Gasteiger partial charge in [0.05, 0.1) is 10.6 Å². The summed E-state index contributed by atoms with van der Waals surface area (Å²) in [5.41, 5.74) is 0.374. The number of amides is 1. The summed E-state index contributed by atoms with van der Waals surface area (Å²) in [5.74, 6) is -0.301. The Morgan fingerprint density at radius 3 is 2.27 bits per heavy atom. The highest BCUT2D eigenvalue weighted by atomic mass is 35.5. The van der Waals surface area contributed by atoms with E-state index in [1.54, 1.807) is 18.2 Å². The minimum absolute atomic E-state index is 0.301. The summed E-state index contributed by atoms with van der Waals surface area (Å²) >= 11 is 17.3. The molecule has 0 aliphatic carbocycles. The highest BCUT2D eigenvalue weighted by Gasteiger charge is 2.15. The zero-order chi connectivity index (χ0) is 16.5. The van der Waals surface area contributed by atoms with Crippen LogP contribution in [0.5, 0.6) is 0 Å². The lowest BCUT2D eigenvalue weighted by molar-refractivity contribution is 0.0973. The number of unbranched alkanes of at least 4 members (excludes halogenated alkanes) is 2. The molecule has 0 bridgehead atoms. The first-order chi connectivity index (χ1) is 10.5. The highest BCUT2D eigenvalue weighted by molar-refractivity contribution is 7.80. The average molecular weight is 361 g/mol. The Hall–Kier alpha value is -0.840. The molecule has 0 fully saturated rings. The van der Waals surface area contributed by atoms with Crippen LogP contribution >= 0.6 is 35.4 Å². The Bertz CT molecular complexity index is 515. The maximum Gasteiger partial charge on any atom is 0.258 e. The van der Waals surface area contributed by atoms with Crippen molar-refractivity contribution in [1.29, 1.82) is 0 Å². The van der Waals surface area contributed by atoms with E-state index in [9.17, 15) is 4.79 Å². The molecule has 0 unspecified atom stereocenters. The van der Waals surface area contributed by atoms with Crippen LogP contribution in [0.1, 0.15) is 49.9 Å². The molecule has 122 valence electrons. The van der Waals surface area contributed by atoms with E-state index in [4.69, 9.17) is 35.4 Å². The topological polar surface area (TPSA) is 32.3 Å². The third-order valence-corrected chi connectivity index (χ3v) is 4.15. The minimum Gasteiger partial charge on any atom is -0.349 e. The van der Waals surface area contributed by atoms with Gasteiger partial charge in [-0.25, -0.2) is 0 Å². The summed E-state index contributed by atoms with van der Waals surface area (Å²) in [7, 11) is 0.